The molecule has 0 aliphatic carbocycles. The third-order valence-corrected chi connectivity index (χ3v) is 3.80. The third kappa shape index (κ3) is 3.41. The van der Waals surface area contributed by atoms with Crippen molar-refractivity contribution in [2.45, 2.75) is 6.54 Å². The van der Waals surface area contributed by atoms with Crippen LogP contribution in [0.2, 0.25) is 0 Å². The SMILES string of the molecule is COC(=O)Cn1c(=O)oc2c(C(=O)/C=C/c3ccc(O)cc3)cccc21. The van der Waals surface area contributed by atoms with Crippen molar-refractivity contribution in [3.8, 4) is 5.75 Å². The van der Waals surface area contributed by atoms with Gasteiger partial charge in [0.15, 0.2) is 11.4 Å². The van der Waals surface area contributed by atoms with Crippen LogP contribution in [0, 0.1) is 0 Å². The zero-order valence-electron chi connectivity index (χ0n) is 13.8. The van der Waals surface area contributed by atoms with Crippen LogP contribution >= 0.6 is 0 Å². The summed E-state index contributed by atoms with van der Waals surface area (Å²) in [6.45, 7) is -0.302. The Balaban J connectivity index is 1.96. The number of phenols is 1. The Morgan fingerprint density at radius 3 is 2.62 bits per heavy atom. The van der Waals surface area contributed by atoms with Crippen molar-refractivity contribution in [3.05, 3.63) is 70.2 Å². The van der Waals surface area contributed by atoms with E-state index in [1.807, 2.05) is 0 Å². The minimum atomic E-state index is -0.742. The number of fused-ring (bicyclic) bond motifs is 1. The minimum absolute atomic E-state index is 0.113. The van der Waals surface area contributed by atoms with E-state index >= 15 is 0 Å². The van der Waals surface area contributed by atoms with Gasteiger partial charge < -0.3 is 14.3 Å². The molecule has 132 valence electrons. The molecule has 0 saturated carbocycles. The van der Waals surface area contributed by atoms with Crippen molar-refractivity contribution in [2.24, 2.45) is 0 Å². The number of oxazole rings is 1. The number of carbonyl (C=O) groups excluding carboxylic acids is 2. The fraction of sp³-hybridized carbons (Fsp3) is 0.105. The van der Waals surface area contributed by atoms with Crippen LogP contribution in [-0.2, 0) is 16.1 Å². The van der Waals surface area contributed by atoms with Crippen molar-refractivity contribution in [3.63, 3.8) is 0 Å². The number of hydrogen-bond donors (Lipinski definition) is 1. The summed E-state index contributed by atoms with van der Waals surface area (Å²) in [5, 5.41) is 9.27. The number of aromatic nitrogens is 1. The van der Waals surface area contributed by atoms with Gasteiger partial charge in [-0.2, -0.15) is 0 Å². The van der Waals surface area contributed by atoms with Gasteiger partial charge in [0.1, 0.15) is 12.3 Å². The molecule has 1 heterocycles. The molecule has 0 aliphatic heterocycles. The first-order chi connectivity index (χ1) is 12.5. The normalized spacial score (nSPS) is 11.1. The van der Waals surface area contributed by atoms with Crippen LogP contribution in [0.4, 0.5) is 0 Å². The van der Waals surface area contributed by atoms with Crippen LogP contribution in [-0.4, -0.2) is 28.5 Å². The Bertz CT molecular complexity index is 1060. The van der Waals surface area contributed by atoms with Gasteiger partial charge in [0.2, 0.25) is 0 Å². The number of ether oxygens (including phenoxy) is 1. The van der Waals surface area contributed by atoms with Crippen molar-refractivity contribution in [1.82, 2.24) is 4.57 Å². The van der Waals surface area contributed by atoms with Crippen molar-refractivity contribution in [2.75, 3.05) is 7.11 Å². The number of rotatable bonds is 5. The van der Waals surface area contributed by atoms with E-state index in [1.54, 1.807) is 30.3 Å². The number of para-hydroxylation sites is 1. The topological polar surface area (TPSA) is 98.7 Å². The molecule has 0 spiro atoms. The summed E-state index contributed by atoms with van der Waals surface area (Å²) in [4.78, 5) is 36.0. The van der Waals surface area contributed by atoms with Crippen LogP contribution in [0.3, 0.4) is 0 Å². The van der Waals surface area contributed by atoms with Crippen molar-refractivity contribution < 1.29 is 23.8 Å². The molecule has 7 nitrogen and oxygen atoms in total. The summed E-state index contributed by atoms with van der Waals surface area (Å²) >= 11 is 0. The first-order valence-corrected chi connectivity index (χ1v) is 7.70. The van der Waals surface area contributed by atoms with Gasteiger partial charge in [-0.3, -0.25) is 14.2 Å². The van der Waals surface area contributed by atoms with E-state index in [1.165, 1.54) is 31.4 Å². The van der Waals surface area contributed by atoms with Gasteiger partial charge in [-0.05, 0) is 35.9 Å². The lowest BCUT2D eigenvalue weighted by atomic mass is 10.1. The van der Waals surface area contributed by atoms with Gasteiger partial charge >= 0.3 is 11.7 Å². The summed E-state index contributed by atoms with van der Waals surface area (Å²) in [6.07, 6.45) is 2.93. The Hall–Kier alpha value is -3.61. The van der Waals surface area contributed by atoms with E-state index in [2.05, 4.69) is 4.74 Å². The fourth-order valence-corrected chi connectivity index (χ4v) is 2.47. The van der Waals surface area contributed by atoms with E-state index in [0.717, 1.165) is 10.1 Å². The highest BCUT2D eigenvalue weighted by atomic mass is 16.5. The second kappa shape index (κ2) is 7.10. The maximum absolute atomic E-state index is 12.5. The van der Waals surface area contributed by atoms with E-state index in [0.29, 0.717) is 5.52 Å². The minimum Gasteiger partial charge on any atom is -0.508 e. The summed E-state index contributed by atoms with van der Waals surface area (Å²) < 4.78 is 10.9. The maximum atomic E-state index is 12.5. The lowest BCUT2D eigenvalue weighted by Gasteiger charge is -2.01. The molecule has 0 aliphatic rings. The molecule has 3 aromatic rings. The van der Waals surface area contributed by atoms with Gasteiger partial charge in [0.25, 0.3) is 0 Å². The Morgan fingerprint density at radius 2 is 1.92 bits per heavy atom. The van der Waals surface area contributed by atoms with Gasteiger partial charge in [0.05, 0.1) is 18.2 Å². The number of hydrogen-bond acceptors (Lipinski definition) is 6. The molecule has 0 atom stereocenters. The summed E-state index contributed by atoms with van der Waals surface area (Å²) in [5.41, 5.74) is 1.39. The van der Waals surface area contributed by atoms with Crippen LogP contribution in [0.25, 0.3) is 17.2 Å². The maximum Gasteiger partial charge on any atom is 0.420 e. The van der Waals surface area contributed by atoms with E-state index in [9.17, 15) is 19.5 Å². The molecule has 1 N–H and O–H groups in total. The molecule has 2 aromatic carbocycles. The number of esters is 1. The number of methoxy groups -OCH3 is 1. The Morgan fingerprint density at radius 1 is 1.19 bits per heavy atom. The monoisotopic (exact) mass is 353 g/mol. The molecule has 7 heteroatoms. The molecular weight excluding hydrogens is 338 g/mol. The third-order valence-electron chi connectivity index (χ3n) is 3.80. The van der Waals surface area contributed by atoms with Crippen molar-refractivity contribution in [1.29, 1.82) is 0 Å². The molecule has 3 rings (SSSR count). The molecule has 1 aromatic heterocycles. The fourth-order valence-electron chi connectivity index (χ4n) is 2.47. The number of aromatic hydroxyl groups is 1. The summed E-state index contributed by atoms with van der Waals surface area (Å²) in [5.74, 6) is -1.57. The Labute approximate surface area is 147 Å². The van der Waals surface area contributed by atoms with Crippen molar-refractivity contribution >= 4 is 28.9 Å². The zero-order valence-corrected chi connectivity index (χ0v) is 13.8. The van der Waals surface area contributed by atoms with Gasteiger partial charge in [-0.25, -0.2) is 4.79 Å². The summed E-state index contributed by atoms with van der Waals surface area (Å²) in [7, 11) is 1.22. The van der Waals surface area contributed by atoms with E-state index in [-0.39, 0.29) is 29.2 Å². The number of benzene rings is 2. The molecule has 0 amide bonds. The van der Waals surface area contributed by atoms with Crippen LogP contribution < -0.4 is 5.76 Å². The molecule has 0 unspecified atom stereocenters. The highest BCUT2D eigenvalue weighted by Crippen LogP contribution is 2.19. The van der Waals surface area contributed by atoms with Crippen LogP contribution in [0.15, 0.2) is 57.8 Å². The largest absolute Gasteiger partial charge is 0.508 e. The highest BCUT2D eigenvalue weighted by molar-refractivity contribution is 6.13. The number of allylic oxidation sites excluding steroid dienone is 1. The van der Waals surface area contributed by atoms with E-state index in [4.69, 9.17) is 4.42 Å². The quantitative estimate of drug-likeness (QED) is 0.429. The number of phenolic OH excluding ortho intramolecular Hbond substituents is 1. The lowest BCUT2D eigenvalue weighted by Crippen LogP contribution is -2.20. The predicted molar refractivity (Wildman–Crippen MR) is 94.0 cm³/mol. The summed E-state index contributed by atoms with van der Waals surface area (Å²) in [6, 6.07) is 11.1. The Kier molecular flexibility index (Phi) is 4.70. The molecule has 0 fully saturated rings. The molecule has 0 radical (unpaired) electrons. The second-order valence-electron chi connectivity index (χ2n) is 5.47. The average molecular weight is 353 g/mol. The highest BCUT2D eigenvalue weighted by Gasteiger charge is 2.17. The molecule has 0 bridgehead atoms. The second-order valence-corrected chi connectivity index (χ2v) is 5.47. The predicted octanol–water partition coefficient (Wildman–Crippen LogP) is 2.37. The smallest absolute Gasteiger partial charge is 0.420 e. The first-order valence-electron chi connectivity index (χ1n) is 7.70. The molecule has 26 heavy (non-hydrogen) atoms. The van der Waals surface area contributed by atoms with Crippen LogP contribution in [0.1, 0.15) is 15.9 Å². The average Bonchev–Trinajstić information content (AvgIpc) is 2.96. The standard InChI is InChI=1S/C19H15NO6/c1-25-17(23)11-20-15-4-2-3-14(18(15)26-19(20)24)16(22)10-7-12-5-8-13(21)9-6-12/h2-10,21H,11H2,1H3/b10-7+. The number of carbonyl (C=O) groups is 2. The number of nitrogens with zero attached hydrogens (tertiary/aromatic N) is 1. The molecule has 0 saturated heterocycles. The van der Waals surface area contributed by atoms with E-state index < -0.39 is 11.7 Å². The molecular formula is C19H15NO6. The first kappa shape index (κ1) is 17.2. The van der Waals surface area contributed by atoms with Gasteiger partial charge in [0, 0.05) is 0 Å². The van der Waals surface area contributed by atoms with Gasteiger partial charge in [-0.15, -0.1) is 0 Å². The van der Waals surface area contributed by atoms with Gasteiger partial charge in [-0.1, -0.05) is 24.3 Å². The lowest BCUT2D eigenvalue weighted by molar-refractivity contribution is -0.141. The van der Waals surface area contributed by atoms with Crippen LogP contribution in [0.5, 0.6) is 5.75 Å². The zero-order chi connectivity index (χ0) is 18.7. The number of ketones is 1.